The van der Waals surface area contributed by atoms with E-state index in [1.165, 1.54) is 6.07 Å². The molecular weight excluding hydrogens is 520 g/mol. The summed E-state index contributed by atoms with van der Waals surface area (Å²) in [6.07, 6.45) is 2.90. The minimum atomic E-state index is -1.02. The Kier molecular flexibility index (Phi) is 7.84. The number of fused-ring (bicyclic) bond motifs is 3. The fourth-order valence-electron chi connectivity index (χ4n) is 6.26. The predicted molar refractivity (Wildman–Crippen MR) is 161 cm³/mol. The van der Waals surface area contributed by atoms with E-state index >= 15 is 0 Å². The molecule has 0 aromatic heterocycles. The number of aliphatic hydroxyl groups is 1. The van der Waals surface area contributed by atoms with Crippen LogP contribution in [-0.2, 0) is 6.42 Å². The summed E-state index contributed by atoms with van der Waals surface area (Å²) in [6.45, 7) is 16.7. The third kappa shape index (κ3) is 5.74. The first-order valence-corrected chi connectivity index (χ1v) is 14.4. The lowest BCUT2D eigenvalue weighted by Gasteiger charge is -2.40. The lowest BCUT2D eigenvalue weighted by Crippen LogP contribution is -2.36. The quantitative estimate of drug-likeness (QED) is 0.261. The van der Waals surface area contributed by atoms with Gasteiger partial charge in [-0.25, -0.2) is 0 Å². The van der Waals surface area contributed by atoms with Gasteiger partial charge in [-0.15, -0.1) is 0 Å². The third-order valence-electron chi connectivity index (χ3n) is 8.43. The number of nitrogens with two attached hydrogens (primary N) is 1. The van der Waals surface area contributed by atoms with Crippen LogP contribution in [0.25, 0.3) is 5.76 Å². The number of hydrogen-bond acceptors (Lipinski definition) is 7. The fourth-order valence-corrected chi connectivity index (χ4v) is 6.26. The van der Waals surface area contributed by atoms with E-state index < -0.39 is 34.8 Å². The van der Waals surface area contributed by atoms with E-state index in [1.54, 1.807) is 6.07 Å². The number of phenols is 3. The van der Waals surface area contributed by atoms with Gasteiger partial charge in [0.05, 0.1) is 11.5 Å². The summed E-state index contributed by atoms with van der Waals surface area (Å²) in [7, 11) is 0. The lowest BCUT2D eigenvalue weighted by molar-refractivity contribution is 0.0921. The molecule has 222 valence electrons. The zero-order valence-corrected chi connectivity index (χ0v) is 25.3. The van der Waals surface area contributed by atoms with Gasteiger partial charge in [0.1, 0.15) is 28.6 Å². The van der Waals surface area contributed by atoms with Crippen molar-refractivity contribution in [2.75, 3.05) is 18.0 Å². The van der Waals surface area contributed by atoms with Crippen LogP contribution in [0.3, 0.4) is 0 Å². The van der Waals surface area contributed by atoms with Crippen LogP contribution in [0.4, 0.5) is 5.69 Å². The highest BCUT2D eigenvalue weighted by molar-refractivity contribution is 6.09. The van der Waals surface area contributed by atoms with Crippen LogP contribution >= 0.6 is 0 Å². The SMILES string of the molecule is CC1C2=C(O)c3cc(O)c(C(N)=O)c(O)c3CC2C(=O)c2c(O)ccc(N(CCCC(C)(C)C)CCC(C)(C)C)c21. The number of carbonyl (C=O) groups excluding carboxylic acids is 2. The molecular formula is C33H44N2O6. The molecule has 0 saturated carbocycles. The molecule has 0 saturated heterocycles. The number of nitrogens with zero attached hydrogens (tertiary/aromatic N) is 1. The molecule has 0 spiro atoms. The number of Topliss-reactive ketones (excluding diaryl/α,β-unsaturated/α-hetero) is 1. The van der Waals surface area contributed by atoms with E-state index in [2.05, 4.69) is 46.4 Å². The maximum Gasteiger partial charge on any atom is 0.256 e. The molecule has 0 heterocycles. The number of rotatable bonds is 7. The van der Waals surface area contributed by atoms with E-state index in [9.17, 15) is 30.0 Å². The number of aromatic hydroxyl groups is 3. The Morgan fingerprint density at radius 3 is 2.20 bits per heavy atom. The number of ketones is 1. The van der Waals surface area contributed by atoms with E-state index in [-0.39, 0.29) is 51.2 Å². The zero-order valence-electron chi connectivity index (χ0n) is 25.3. The summed E-state index contributed by atoms with van der Waals surface area (Å²) in [5, 5.41) is 43.7. The molecule has 0 aliphatic heterocycles. The first kappa shape index (κ1) is 30.3. The number of phenolic OH excluding ortho intramolecular Hbond substituents is 1. The predicted octanol–water partition coefficient (Wildman–Crippen LogP) is 6.41. The molecule has 0 bridgehead atoms. The first-order chi connectivity index (χ1) is 18.9. The van der Waals surface area contributed by atoms with Crippen molar-refractivity contribution in [3.8, 4) is 17.2 Å². The number of hydrogen-bond donors (Lipinski definition) is 5. The van der Waals surface area contributed by atoms with Crippen LogP contribution in [-0.4, -0.2) is 45.2 Å². The van der Waals surface area contributed by atoms with Gasteiger partial charge in [-0.05, 0) is 65.8 Å². The number of amides is 1. The summed E-state index contributed by atoms with van der Waals surface area (Å²) in [5.41, 5.74) is 7.73. The largest absolute Gasteiger partial charge is 0.507 e. The average Bonchev–Trinajstić information content (AvgIpc) is 2.83. The van der Waals surface area contributed by atoms with Gasteiger partial charge in [-0.2, -0.15) is 0 Å². The van der Waals surface area contributed by atoms with Gasteiger partial charge in [0, 0.05) is 35.8 Å². The number of benzene rings is 2. The minimum Gasteiger partial charge on any atom is -0.507 e. The normalized spacial score (nSPS) is 18.6. The minimum absolute atomic E-state index is 0.00722. The molecule has 1 amide bonds. The number of anilines is 1. The van der Waals surface area contributed by atoms with Gasteiger partial charge >= 0.3 is 0 Å². The highest BCUT2D eigenvalue weighted by Gasteiger charge is 2.45. The molecule has 2 atom stereocenters. The van der Waals surface area contributed by atoms with Crippen molar-refractivity contribution in [1.82, 2.24) is 0 Å². The van der Waals surface area contributed by atoms with Gasteiger partial charge in [0.15, 0.2) is 5.78 Å². The van der Waals surface area contributed by atoms with Crippen molar-refractivity contribution in [3.05, 3.63) is 51.6 Å². The second-order valence-electron chi connectivity index (χ2n) is 14.0. The summed E-state index contributed by atoms with van der Waals surface area (Å²) in [4.78, 5) is 28.2. The summed E-state index contributed by atoms with van der Waals surface area (Å²) in [6, 6.07) is 4.65. The topological polar surface area (TPSA) is 144 Å². The van der Waals surface area contributed by atoms with Crippen molar-refractivity contribution in [2.45, 2.75) is 80.1 Å². The van der Waals surface area contributed by atoms with Crippen LogP contribution in [0.5, 0.6) is 17.2 Å². The number of primary amides is 1. The monoisotopic (exact) mass is 564 g/mol. The van der Waals surface area contributed by atoms with Crippen molar-refractivity contribution in [1.29, 1.82) is 0 Å². The molecule has 2 unspecified atom stereocenters. The Labute approximate surface area is 242 Å². The summed E-state index contributed by atoms with van der Waals surface area (Å²) in [5.74, 6) is -4.10. The molecule has 8 heteroatoms. The molecule has 0 fully saturated rings. The summed E-state index contributed by atoms with van der Waals surface area (Å²) < 4.78 is 0. The third-order valence-corrected chi connectivity index (χ3v) is 8.43. The van der Waals surface area contributed by atoms with E-state index in [0.29, 0.717) is 11.1 Å². The molecule has 2 aromatic rings. The molecule has 4 rings (SSSR count). The second-order valence-corrected chi connectivity index (χ2v) is 14.0. The second kappa shape index (κ2) is 10.6. The smallest absolute Gasteiger partial charge is 0.256 e. The maximum atomic E-state index is 14.1. The van der Waals surface area contributed by atoms with Crippen LogP contribution < -0.4 is 10.6 Å². The Bertz CT molecular complexity index is 1430. The van der Waals surface area contributed by atoms with Gasteiger partial charge in [-0.3, -0.25) is 9.59 Å². The van der Waals surface area contributed by atoms with Crippen molar-refractivity contribution < 1.29 is 30.0 Å². The zero-order chi connectivity index (χ0) is 30.6. The van der Waals surface area contributed by atoms with Gasteiger partial charge in [0.25, 0.3) is 5.91 Å². The Balaban J connectivity index is 1.87. The number of carbonyl (C=O) groups is 2. The van der Waals surface area contributed by atoms with Crippen LogP contribution in [0.1, 0.15) is 111 Å². The number of aliphatic hydroxyl groups excluding tert-OH is 1. The van der Waals surface area contributed by atoms with Crippen molar-refractivity contribution in [2.24, 2.45) is 22.5 Å². The molecule has 8 nitrogen and oxygen atoms in total. The highest BCUT2D eigenvalue weighted by Crippen LogP contribution is 2.53. The molecule has 6 N–H and O–H groups in total. The molecule has 41 heavy (non-hydrogen) atoms. The van der Waals surface area contributed by atoms with Crippen molar-refractivity contribution >= 4 is 23.1 Å². The van der Waals surface area contributed by atoms with Gasteiger partial charge in [0.2, 0.25) is 0 Å². The average molecular weight is 565 g/mol. The van der Waals surface area contributed by atoms with Crippen LogP contribution in [0.15, 0.2) is 23.8 Å². The standard InChI is InChI=1S/C33H44N2O6/c1-17-24-20(15-18-19(28(24)38)16-23(37)27(29(18)39)31(34)41)30(40)26-22(36)10-9-21(25(17)26)35(14-12-33(5,6)7)13-8-11-32(2,3)4/h9-10,16-17,20,36-39H,8,11-15H2,1-7H3,(H2,34,41). The lowest BCUT2D eigenvalue weighted by atomic mass is 9.66. The van der Waals surface area contributed by atoms with Crippen molar-refractivity contribution in [3.63, 3.8) is 0 Å². The number of allylic oxidation sites excluding steroid dienone is 1. The van der Waals surface area contributed by atoms with Gasteiger partial charge in [-0.1, -0.05) is 48.5 Å². The molecule has 2 aliphatic carbocycles. The fraction of sp³-hybridized carbons (Fsp3) is 0.515. The van der Waals surface area contributed by atoms with E-state index in [4.69, 9.17) is 5.73 Å². The van der Waals surface area contributed by atoms with Gasteiger partial charge < -0.3 is 31.1 Å². The van der Waals surface area contributed by atoms with Crippen LogP contribution in [0.2, 0.25) is 0 Å². The molecule has 2 aromatic carbocycles. The highest BCUT2D eigenvalue weighted by atomic mass is 16.3. The first-order valence-electron chi connectivity index (χ1n) is 14.4. The maximum absolute atomic E-state index is 14.1. The van der Waals surface area contributed by atoms with E-state index in [1.807, 2.05) is 13.0 Å². The summed E-state index contributed by atoms with van der Waals surface area (Å²) >= 11 is 0. The Morgan fingerprint density at radius 2 is 1.61 bits per heavy atom. The van der Waals surface area contributed by atoms with E-state index in [0.717, 1.165) is 38.0 Å². The molecule has 2 aliphatic rings. The molecule has 0 radical (unpaired) electrons. The Morgan fingerprint density at radius 1 is 0.976 bits per heavy atom. The van der Waals surface area contributed by atoms with Crippen LogP contribution in [0, 0.1) is 16.7 Å². The Hall–Kier alpha value is -3.68.